The van der Waals surface area contributed by atoms with Crippen LogP contribution in [-0.2, 0) is 0 Å². The number of fused-ring (bicyclic) bond motifs is 1. The van der Waals surface area contributed by atoms with Crippen LogP contribution in [0.1, 0.15) is 37.0 Å². The lowest BCUT2D eigenvalue weighted by molar-refractivity contribution is -0.288. The van der Waals surface area contributed by atoms with E-state index in [2.05, 4.69) is 25.9 Å². The smallest absolute Gasteiger partial charge is 0.382 e. The van der Waals surface area contributed by atoms with Crippen LogP contribution in [0.5, 0.6) is 0 Å². The van der Waals surface area contributed by atoms with E-state index in [0.717, 1.165) is 15.9 Å². The van der Waals surface area contributed by atoms with Crippen molar-refractivity contribution in [1.82, 2.24) is 15.3 Å². The Morgan fingerprint density at radius 3 is 2.63 bits per heavy atom. The molecule has 3 aromatic rings. The largest absolute Gasteiger partial charge is 0.420 e. The van der Waals surface area contributed by atoms with Gasteiger partial charge in [0, 0.05) is 24.0 Å². The average Bonchev–Trinajstić information content (AvgIpc) is 3.53. The van der Waals surface area contributed by atoms with Crippen LogP contribution < -0.4 is 16.0 Å². The summed E-state index contributed by atoms with van der Waals surface area (Å²) in [6, 6.07) is 7.12. The summed E-state index contributed by atoms with van der Waals surface area (Å²) < 4.78 is 55.7. The van der Waals surface area contributed by atoms with Crippen molar-refractivity contribution < 1.29 is 27.5 Å². The van der Waals surface area contributed by atoms with E-state index in [0.29, 0.717) is 11.5 Å². The molecule has 7 nitrogen and oxygen atoms in total. The number of aromatic nitrogens is 2. The first-order chi connectivity index (χ1) is 16.5. The molecular formula is C23H25F4N5O2S. The second-order valence-corrected chi connectivity index (χ2v) is 9.74. The Hall–Kier alpha value is -2.99. The molecule has 1 amide bonds. The van der Waals surface area contributed by atoms with Crippen LogP contribution in [-0.4, -0.2) is 51.5 Å². The Morgan fingerprint density at radius 1 is 1.23 bits per heavy atom. The van der Waals surface area contributed by atoms with Gasteiger partial charge in [-0.05, 0) is 50.8 Å². The molecule has 12 heteroatoms. The number of hydrogen-bond acceptors (Lipinski definition) is 7. The number of pyridine rings is 1. The fourth-order valence-electron chi connectivity index (χ4n) is 3.84. The molecule has 188 valence electrons. The van der Waals surface area contributed by atoms with Gasteiger partial charge in [-0.25, -0.2) is 14.4 Å². The van der Waals surface area contributed by atoms with Gasteiger partial charge in [-0.2, -0.15) is 13.2 Å². The van der Waals surface area contributed by atoms with E-state index in [1.807, 2.05) is 32.0 Å². The summed E-state index contributed by atoms with van der Waals surface area (Å²) in [7, 11) is 0. The fraction of sp³-hybridized carbons (Fsp3) is 0.435. The topological polar surface area (TPSA) is 99.2 Å². The van der Waals surface area contributed by atoms with Crippen molar-refractivity contribution in [2.45, 2.75) is 50.7 Å². The minimum absolute atomic E-state index is 0.0383. The lowest BCUT2D eigenvalue weighted by Gasteiger charge is -2.33. The predicted octanol–water partition coefficient (Wildman–Crippen LogP) is 5.03. The van der Waals surface area contributed by atoms with Crippen LogP contribution in [0.25, 0.3) is 10.2 Å². The van der Waals surface area contributed by atoms with Crippen molar-refractivity contribution in [3.63, 3.8) is 0 Å². The molecule has 4 N–H and O–H groups in total. The van der Waals surface area contributed by atoms with Crippen LogP contribution >= 0.6 is 11.3 Å². The zero-order chi connectivity index (χ0) is 25.4. The Bertz CT molecular complexity index is 1210. The summed E-state index contributed by atoms with van der Waals surface area (Å²) in [6.45, 7) is 2.72. The highest BCUT2D eigenvalue weighted by molar-refractivity contribution is 7.16. The highest BCUT2D eigenvalue weighted by atomic mass is 32.1. The van der Waals surface area contributed by atoms with Gasteiger partial charge >= 0.3 is 6.18 Å². The van der Waals surface area contributed by atoms with E-state index < -0.39 is 36.3 Å². The Balaban J connectivity index is 1.50. The second kappa shape index (κ2) is 9.57. The predicted molar refractivity (Wildman–Crippen MR) is 127 cm³/mol. The number of anilines is 3. The van der Waals surface area contributed by atoms with Gasteiger partial charge in [0.25, 0.3) is 5.91 Å². The zero-order valence-electron chi connectivity index (χ0n) is 19.0. The monoisotopic (exact) mass is 511 g/mol. The molecule has 0 spiro atoms. The molecule has 1 fully saturated rings. The van der Waals surface area contributed by atoms with Crippen LogP contribution in [0.15, 0.2) is 36.0 Å². The molecule has 1 aliphatic rings. The number of carbonyl (C=O) groups is 1. The van der Waals surface area contributed by atoms with Crippen molar-refractivity contribution in [3.8, 4) is 0 Å². The number of nitrogens with one attached hydrogen (secondary N) is 3. The summed E-state index contributed by atoms with van der Waals surface area (Å²) in [6.07, 6.45) is -6.41. The normalized spacial score (nSPS) is 16.7. The van der Waals surface area contributed by atoms with Gasteiger partial charge in [0.05, 0.1) is 33.5 Å². The van der Waals surface area contributed by atoms with Gasteiger partial charge < -0.3 is 21.1 Å². The molecular weight excluding hydrogens is 486 g/mol. The SMILES string of the molecule is CC(C)Nc1cc(Nc2ccc3ncsc3c2)ncc1C(=O)NCC(F)C(O)(C1CC1)C(F)(F)F. The van der Waals surface area contributed by atoms with Crippen LogP contribution in [0.3, 0.4) is 0 Å². The summed E-state index contributed by atoms with van der Waals surface area (Å²) in [5, 5.41) is 18.5. The first-order valence-corrected chi connectivity index (χ1v) is 11.9. The van der Waals surface area contributed by atoms with E-state index in [4.69, 9.17) is 0 Å². The molecule has 4 rings (SSSR count). The highest BCUT2D eigenvalue weighted by Gasteiger charge is 2.66. The lowest BCUT2D eigenvalue weighted by atomic mass is 9.91. The summed E-state index contributed by atoms with van der Waals surface area (Å²) in [4.78, 5) is 21.2. The zero-order valence-corrected chi connectivity index (χ0v) is 19.8. The van der Waals surface area contributed by atoms with E-state index in [9.17, 15) is 27.5 Å². The minimum Gasteiger partial charge on any atom is -0.382 e. The maximum atomic E-state index is 14.6. The number of hydrogen-bond donors (Lipinski definition) is 4. The number of carbonyl (C=O) groups excluding carboxylic acids is 1. The molecule has 1 aliphatic carbocycles. The highest BCUT2D eigenvalue weighted by Crippen LogP contribution is 2.50. The van der Waals surface area contributed by atoms with Crippen molar-refractivity contribution in [1.29, 1.82) is 0 Å². The molecule has 0 radical (unpaired) electrons. The standard InChI is InChI=1S/C23H25F4N5O2S/c1-12(2)31-17-8-20(32-14-5-6-16-18(7-14)35-11-30-16)28-9-15(17)21(33)29-10-19(24)22(34,13-3-4-13)23(25,26)27/h5-9,11-13,19,34H,3-4,10H2,1-2H3,(H,29,33)(H2,28,31,32). The third-order valence-corrected chi connectivity index (χ3v) is 6.56. The maximum absolute atomic E-state index is 14.6. The fourth-order valence-corrected chi connectivity index (χ4v) is 4.55. The number of benzene rings is 1. The van der Waals surface area contributed by atoms with Crippen LogP contribution in [0.4, 0.5) is 34.8 Å². The van der Waals surface area contributed by atoms with Crippen molar-refractivity contribution in [2.24, 2.45) is 5.92 Å². The lowest BCUT2D eigenvalue weighted by Crippen LogP contribution is -2.57. The third-order valence-electron chi connectivity index (χ3n) is 5.77. The number of amides is 1. The minimum atomic E-state index is -5.14. The molecule has 1 aromatic carbocycles. The Kier molecular flexibility index (Phi) is 6.87. The molecule has 0 aliphatic heterocycles. The van der Waals surface area contributed by atoms with Gasteiger partial charge in [-0.1, -0.05) is 0 Å². The molecule has 0 bridgehead atoms. The molecule has 35 heavy (non-hydrogen) atoms. The molecule has 2 atom stereocenters. The van der Waals surface area contributed by atoms with Crippen molar-refractivity contribution >= 4 is 44.7 Å². The number of nitrogens with zero attached hydrogens (tertiary/aromatic N) is 2. The van der Waals surface area contributed by atoms with Crippen molar-refractivity contribution in [2.75, 3.05) is 17.2 Å². The number of rotatable bonds is 9. The summed E-state index contributed by atoms with van der Waals surface area (Å²) >= 11 is 1.49. The number of thiazole rings is 1. The number of aliphatic hydroxyl groups is 1. The quantitative estimate of drug-likeness (QED) is 0.301. The van der Waals surface area contributed by atoms with E-state index in [-0.39, 0.29) is 24.4 Å². The van der Waals surface area contributed by atoms with Gasteiger partial charge in [0.1, 0.15) is 5.82 Å². The summed E-state index contributed by atoms with van der Waals surface area (Å²) in [5.41, 5.74) is 0.299. The van der Waals surface area contributed by atoms with Crippen LogP contribution in [0.2, 0.25) is 0 Å². The molecule has 1 saturated carbocycles. The Labute approximate surface area is 203 Å². The van der Waals surface area contributed by atoms with E-state index in [1.54, 1.807) is 11.6 Å². The average molecular weight is 512 g/mol. The Morgan fingerprint density at radius 2 is 1.97 bits per heavy atom. The van der Waals surface area contributed by atoms with Crippen LogP contribution in [0, 0.1) is 5.92 Å². The maximum Gasteiger partial charge on any atom is 0.420 e. The van der Waals surface area contributed by atoms with Gasteiger partial charge in [0.2, 0.25) is 0 Å². The van der Waals surface area contributed by atoms with E-state index in [1.165, 1.54) is 17.5 Å². The number of alkyl halides is 4. The van der Waals surface area contributed by atoms with Gasteiger partial charge in [-0.15, -0.1) is 11.3 Å². The first-order valence-electron chi connectivity index (χ1n) is 11.1. The first kappa shape index (κ1) is 25.1. The molecule has 0 saturated heterocycles. The molecule has 2 aromatic heterocycles. The van der Waals surface area contributed by atoms with E-state index >= 15 is 0 Å². The third kappa shape index (κ3) is 5.32. The summed E-state index contributed by atoms with van der Waals surface area (Å²) in [5.74, 6) is -1.58. The van der Waals surface area contributed by atoms with Gasteiger partial charge in [-0.3, -0.25) is 4.79 Å². The molecule has 2 heterocycles. The number of halogens is 4. The van der Waals surface area contributed by atoms with Gasteiger partial charge in [0.15, 0.2) is 11.8 Å². The second-order valence-electron chi connectivity index (χ2n) is 8.85. The van der Waals surface area contributed by atoms with Crippen molar-refractivity contribution in [3.05, 3.63) is 41.5 Å². The molecule has 2 unspecified atom stereocenters.